The van der Waals surface area contributed by atoms with E-state index in [2.05, 4.69) is 41.8 Å². The van der Waals surface area contributed by atoms with Crippen LogP contribution in [0.1, 0.15) is 46.7 Å². The van der Waals surface area contributed by atoms with Crippen LogP contribution in [-0.4, -0.2) is 34.4 Å². The van der Waals surface area contributed by atoms with Gasteiger partial charge in [-0.1, -0.05) is 0 Å². The summed E-state index contributed by atoms with van der Waals surface area (Å²) in [5.74, 6) is 1.28. The third-order valence-corrected chi connectivity index (χ3v) is 6.02. The second-order valence-electron chi connectivity index (χ2n) is 7.25. The Balaban J connectivity index is 1.46. The minimum absolute atomic E-state index is 0.453. The van der Waals surface area contributed by atoms with Gasteiger partial charge < -0.3 is 4.74 Å². The highest BCUT2D eigenvalue weighted by atomic mass is 32.1. The molecule has 0 amide bonds. The molecule has 1 aliphatic carbocycles. The van der Waals surface area contributed by atoms with Crippen molar-refractivity contribution >= 4 is 11.3 Å². The van der Waals surface area contributed by atoms with E-state index in [1.165, 1.54) is 33.9 Å². The topological polar surface area (TPSA) is 30.3 Å². The minimum Gasteiger partial charge on any atom is -0.380 e. The Morgan fingerprint density at radius 3 is 2.88 bits per heavy atom. The summed E-state index contributed by atoms with van der Waals surface area (Å²) in [5, 5.41) is 4.79. The molecule has 1 atom stereocenters. The van der Waals surface area contributed by atoms with E-state index in [4.69, 9.17) is 9.84 Å². The Morgan fingerprint density at radius 1 is 1.29 bits per heavy atom. The van der Waals surface area contributed by atoms with Crippen molar-refractivity contribution in [3.63, 3.8) is 0 Å². The zero-order valence-corrected chi connectivity index (χ0v) is 15.5. The van der Waals surface area contributed by atoms with Gasteiger partial charge >= 0.3 is 0 Å². The quantitative estimate of drug-likeness (QED) is 0.765. The van der Waals surface area contributed by atoms with E-state index >= 15 is 0 Å². The molecule has 0 spiro atoms. The van der Waals surface area contributed by atoms with Gasteiger partial charge in [0, 0.05) is 60.2 Å². The molecule has 1 aliphatic heterocycles. The number of nitrogens with zero attached hydrogens (tertiary/aromatic N) is 3. The number of hydrogen-bond donors (Lipinski definition) is 0. The summed E-state index contributed by atoms with van der Waals surface area (Å²) < 4.78 is 8.12. The fourth-order valence-corrected chi connectivity index (χ4v) is 4.44. The van der Waals surface area contributed by atoms with Crippen LogP contribution in [-0.2, 0) is 24.4 Å². The predicted molar refractivity (Wildman–Crippen MR) is 97.4 cm³/mol. The van der Waals surface area contributed by atoms with Gasteiger partial charge in [0.15, 0.2) is 0 Å². The first-order chi connectivity index (χ1) is 11.7. The van der Waals surface area contributed by atoms with E-state index in [0.717, 1.165) is 45.3 Å². The van der Waals surface area contributed by atoms with E-state index < -0.39 is 0 Å². The standard InChI is InChI=1S/C19H27N3OS/c1-3-22-10-18-16(13-23-12-15-5-6-15)8-21(11-19(18)20-22)9-17-7-4-14(2)24-17/h4,7,10,15-16H,3,5-6,8-9,11-13H2,1-2H3/t16-/m1/s1. The van der Waals surface area contributed by atoms with E-state index in [1.807, 2.05) is 11.3 Å². The molecule has 0 saturated heterocycles. The number of thiophene rings is 1. The smallest absolute Gasteiger partial charge is 0.0801 e. The molecule has 130 valence electrons. The summed E-state index contributed by atoms with van der Waals surface area (Å²) in [7, 11) is 0. The van der Waals surface area contributed by atoms with Crippen LogP contribution in [0, 0.1) is 12.8 Å². The van der Waals surface area contributed by atoms with Crippen LogP contribution >= 0.6 is 11.3 Å². The SMILES string of the molecule is CCn1cc2c(n1)CN(Cc1ccc(C)s1)C[C@@H]2COCC1CC1. The molecule has 1 saturated carbocycles. The van der Waals surface area contributed by atoms with Crippen molar-refractivity contribution < 1.29 is 4.74 Å². The second kappa shape index (κ2) is 6.98. The maximum Gasteiger partial charge on any atom is 0.0801 e. The molecule has 2 aromatic rings. The normalized spacial score (nSPS) is 21.2. The Hall–Kier alpha value is -1.17. The van der Waals surface area contributed by atoms with E-state index in [0.29, 0.717) is 5.92 Å². The molecule has 4 rings (SSSR count). The van der Waals surface area contributed by atoms with Gasteiger partial charge in [-0.05, 0) is 44.7 Å². The first-order valence-corrected chi connectivity index (χ1v) is 9.94. The molecule has 0 N–H and O–H groups in total. The molecule has 5 heteroatoms. The van der Waals surface area contributed by atoms with Gasteiger partial charge in [0.2, 0.25) is 0 Å². The van der Waals surface area contributed by atoms with E-state index in [9.17, 15) is 0 Å². The lowest BCUT2D eigenvalue weighted by atomic mass is 9.95. The van der Waals surface area contributed by atoms with Crippen LogP contribution < -0.4 is 0 Å². The zero-order valence-electron chi connectivity index (χ0n) is 14.7. The van der Waals surface area contributed by atoms with E-state index in [1.54, 1.807) is 0 Å². The van der Waals surface area contributed by atoms with Gasteiger partial charge in [0.25, 0.3) is 0 Å². The highest BCUT2D eigenvalue weighted by Crippen LogP contribution is 2.32. The van der Waals surface area contributed by atoms with Crippen molar-refractivity contribution in [3.8, 4) is 0 Å². The average Bonchev–Trinajstić information content (AvgIpc) is 3.15. The highest BCUT2D eigenvalue weighted by Gasteiger charge is 2.29. The lowest BCUT2D eigenvalue weighted by Crippen LogP contribution is -2.34. The largest absolute Gasteiger partial charge is 0.380 e. The van der Waals surface area contributed by atoms with Crippen LogP contribution in [0.3, 0.4) is 0 Å². The molecule has 0 bridgehead atoms. The van der Waals surface area contributed by atoms with Crippen molar-refractivity contribution in [1.82, 2.24) is 14.7 Å². The average molecular weight is 346 g/mol. The van der Waals surface area contributed by atoms with Gasteiger partial charge in [0.05, 0.1) is 12.3 Å². The van der Waals surface area contributed by atoms with Crippen molar-refractivity contribution in [2.75, 3.05) is 19.8 Å². The maximum absolute atomic E-state index is 6.04. The Morgan fingerprint density at radius 2 is 2.17 bits per heavy atom. The zero-order chi connectivity index (χ0) is 16.5. The van der Waals surface area contributed by atoms with Gasteiger partial charge in [-0.15, -0.1) is 11.3 Å². The molecule has 4 nitrogen and oxygen atoms in total. The number of ether oxygens (including phenoxy) is 1. The van der Waals surface area contributed by atoms with Gasteiger partial charge in [0.1, 0.15) is 0 Å². The fraction of sp³-hybridized carbons (Fsp3) is 0.632. The minimum atomic E-state index is 0.453. The molecule has 0 aromatic carbocycles. The molecule has 2 aliphatic rings. The Bertz CT molecular complexity index is 689. The van der Waals surface area contributed by atoms with Gasteiger partial charge in [-0.3, -0.25) is 9.58 Å². The molecule has 0 unspecified atom stereocenters. The highest BCUT2D eigenvalue weighted by molar-refractivity contribution is 7.11. The summed E-state index contributed by atoms with van der Waals surface area (Å²) in [6, 6.07) is 4.48. The molecular weight excluding hydrogens is 318 g/mol. The number of aromatic nitrogens is 2. The maximum atomic E-state index is 6.04. The van der Waals surface area contributed by atoms with Gasteiger partial charge in [-0.2, -0.15) is 5.10 Å². The monoisotopic (exact) mass is 345 g/mol. The van der Waals surface area contributed by atoms with Crippen molar-refractivity contribution in [2.45, 2.75) is 52.2 Å². The summed E-state index contributed by atoms with van der Waals surface area (Å²) in [5.41, 5.74) is 2.66. The molecule has 0 radical (unpaired) electrons. The van der Waals surface area contributed by atoms with Crippen LogP contribution in [0.4, 0.5) is 0 Å². The molecule has 3 heterocycles. The van der Waals surface area contributed by atoms with Crippen LogP contribution in [0.5, 0.6) is 0 Å². The summed E-state index contributed by atoms with van der Waals surface area (Å²) in [6.07, 6.45) is 4.95. The van der Waals surface area contributed by atoms with Crippen LogP contribution in [0.25, 0.3) is 0 Å². The molecule has 2 aromatic heterocycles. The second-order valence-corrected chi connectivity index (χ2v) is 8.62. The van der Waals surface area contributed by atoms with Crippen LogP contribution in [0.15, 0.2) is 18.3 Å². The number of fused-ring (bicyclic) bond motifs is 1. The summed E-state index contributed by atoms with van der Waals surface area (Å²) >= 11 is 1.91. The summed E-state index contributed by atoms with van der Waals surface area (Å²) in [6.45, 7) is 10.1. The third kappa shape index (κ3) is 3.73. The number of aryl methyl sites for hydroxylation is 2. The molecular formula is C19H27N3OS. The lowest BCUT2D eigenvalue weighted by molar-refractivity contribution is 0.0892. The van der Waals surface area contributed by atoms with Crippen LogP contribution in [0.2, 0.25) is 0 Å². The molecule has 1 fully saturated rings. The Labute approximate surface area is 148 Å². The Kier molecular flexibility index (Phi) is 4.74. The first kappa shape index (κ1) is 16.3. The van der Waals surface area contributed by atoms with E-state index in [-0.39, 0.29) is 0 Å². The summed E-state index contributed by atoms with van der Waals surface area (Å²) in [4.78, 5) is 5.37. The third-order valence-electron chi connectivity index (χ3n) is 5.03. The van der Waals surface area contributed by atoms with Crippen molar-refractivity contribution in [2.24, 2.45) is 5.92 Å². The molecule has 24 heavy (non-hydrogen) atoms. The van der Waals surface area contributed by atoms with Gasteiger partial charge in [-0.25, -0.2) is 0 Å². The fourth-order valence-electron chi connectivity index (χ4n) is 3.50. The lowest BCUT2D eigenvalue weighted by Gasteiger charge is -2.31. The first-order valence-electron chi connectivity index (χ1n) is 9.13. The van der Waals surface area contributed by atoms with Crippen molar-refractivity contribution in [1.29, 1.82) is 0 Å². The number of hydrogen-bond acceptors (Lipinski definition) is 4. The number of rotatable bonds is 7. The van der Waals surface area contributed by atoms with Crippen molar-refractivity contribution in [3.05, 3.63) is 39.3 Å². The predicted octanol–water partition coefficient (Wildman–Crippen LogP) is 3.80.